The molecule has 7 nitrogen and oxygen atoms in total. The van der Waals surface area contributed by atoms with Crippen molar-refractivity contribution in [1.29, 1.82) is 0 Å². The number of ether oxygens (including phenoxy) is 2. The lowest BCUT2D eigenvalue weighted by atomic mass is 10.2. The molecule has 1 aromatic heterocycles. The Labute approximate surface area is 130 Å². The summed E-state index contributed by atoms with van der Waals surface area (Å²) < 4.78 is 10.5. The molecule has 0 aliphatic rings. The SMILES string of the molecule is COc1ccc(CNc2nncc(NC(C)C)n2)cc1OC. The molecule has 2 rings (SSSR count). The van der Waals surface area contributed by atoms with Gasteiger partial charge < -0.3 is 20.1 Å². The largest absolute Gasteiger partial charge is 0.493 e. The number of aromatic nitrogens is 3. The van der Waals surface area contributed by atoms with Crippen LogP contribution < -0.4 is 20.1 Å². The van der Waals surface area contributed by atoms with Crippen molar-refractivity contribution in [2.24, 2.45) is 0 Å². The number of nitrogens with zero attached hydrogens (tertiary/aromatic N) is 3. The summed E-state index contributed by atoms with van der Waals surface area (Å²) in [4.78, 5) is 4.35. The molecule has 7 heteroatoms. The summed E-state index contributed by atoms with van der Waals surface area (Å²) in [6.07, 6.45) is 1.60. The van der Waals surface area contributed by atoms with Crippen LogP contribution in [0.5, 0.6) is 11.5 Å². The Kier molecular flexibility index (Phi) is 5.35. The minimum Gasteiger partial charge on any atom is -0.493 e. The van der Waals surface area contributed by atoms with E-state index in [1.54, 1.807) is 20.4 Å². The van der Waals surface area contributed by atoms with Gasteiger partial charge in [0.1, 0.15) is 0 Å². The van der Waals surface area contributed by atoms with Crippen molar-refractivity contribution >= 4 is 11.8 Å². The fourth-order valence-electron chi connectivity index (χ4n) is 1.92. The maximum Gasteiger partial charge on any atom is 0.244 e. The molecule has 0 atom stereocenters. The summed E-state index contributed by atoms with van der Waals surface area (Å²) in [7, 11) is 3.23. The van der Waals surface area contributed by atoms with E-state index in [0.717, 1.165) is 5.56 Å². The van der Waals surface area contributed by atoms with Gasteiger partial charge in [-0.25, -0.2) is 0 Å². The van der Waals surface area contributed by atoms with Crippen LogP contribution in [0.4, 0.5) is 11.8 Å². The molecule has 2 aromatic rings. The first-order valence-electron chi connectivity index (χ1n) is 7.03. The molecule has 22 heavy (non-hydrogen) atoms. The van der Waals surface area contributed by atoms with Crippen molar-refractivity contribution in [3.05, 3.63) is 30.0 Å². The van der Waals surface area contributed by atoms with Crippen molar-refractivity contribution in [2.75, 3.05) is 24.9 Å². The number of benzene rings is 1. The van der Waals surface area contributed by atoms with E-state index in [0.29, 0.717) is 29.8 Å². The Morgan fingerprint density at radius 1 is 1.14 bits per heavy atom. The number of hydrogen-bond acceptors (Lipinski definition) is 7. The quantitative estimate of drug-likeness (QED) is 0.812. The van der Waals surface area contributed by atoms with Crippen molar-refractivity contribution in [3.63, 3.8) is 0 Å². The number of hydrogen-bond donors (Lipinski definition) is 2. The van der Waals surface area contributed by atoms with Gasteiger partial charge in [-0.3, -0.25) is 0 Å². The van der Waals surface area contributed by atoms with E-state index in [9.17, 15) is 0 Å². The van der Waals surface area contributed by atoms with Gasteiger partial charge >= 0.3 is 0 Å². The van der Waals surface area contributed by atoms with Gasteiger partial charge in [0.25, 0.3) is 0 Å². The highest BCUT2D eigenvalue weighted by Gasteiger charge is 2.06. The summed E-state index contributed by atoms with van der Waals surface area (Å²) >= 11 is 0. The average molecular weight is 303 g/mol. The first-order valence-corrected chi connectivity index (χ1v) is 7.03. The van der Waals surface area contributed by atoms with Crippen LogP contribution in [0, 0.1) is 0 Å². The van der Waals surface area contributed by atoms with Crippen LogP contribution in [0.3, 0.4) is 0 Å². The van der Waals surface area contributed by atoms with Gasteiger partial charge in [-0.2, -0.15) is 10.1 Å². The third-order valence-corrected chi connectivity index (χ3v) is 2.89. The van der Waals surface area contributed by atoms with Crippen LogP contribution in [0.25, 0.3) is 0 Å². The van der Waals surface area contributed by atoms with Crippen LogP contribution >= 0.6 is 0 Å². The molecule has 0 aliphatic heterocycles. The normalized spacial score (nSPS) is 10.4. The third-order valence-electron chi connectivity index (χ3n) is 2.89. The van der Waals surface area contributed by atoms with E-state index in [2.05, 4.69) is 25.8 Å². The first-order chi connectivity index (χ1) is 10.6. The van der Waals surface area contributed by atoms with Gasteiger partial charge in [-0.15, -0.1) is 5.10 Å². The lowest BCUT2D eigenvalue weighted by molar-refractivity contribution is 0.354. The zero-order valence-electron chi connectivity index (χ0n) is 13.3. The molecule has 118 valence electrons. The molecule has 0 radical (unpaired) electrons. The highest BCUT2D eigenvalue weighted by atomic mass is 16.5. The van der Waals surface area contributed by atoms with Gasteiger partial charge in [-0.05, 0) is 31.5 Å². The van der Waals surface area contributed by atoms with Crippen LogP contribution in [0.15, 0.2) is 24.4 Å². The molecular formula is C15H21N5O2. The summed E-state index contributed by atoms with van der Waals surface area (Å²) in [5.41, 5.74) is 1.03. The van der Waals surface area contributed by atoms with Crippen molar-refractivity contribution in [2.45, 2.75) is 26.4 Å². The van der Waals surface area contributed by atoms with E-state index >= 15 is 0 Å². The highest BCUT2D eigenvalue weighted by Crippen LogP contribution is 2.27. The van der Waals surface area contributed by atoms with Crippen molar-refractivity contribution < 1.29 is 9.47 Å². The van der Waals surface area contributed by atoms with Gasteiger partial charge in [0.05, 0.1) is 20.4 Å². The molecule has 0 aliphatic carbocycles. The van der Waals surface area contributed by atoms with Gasteiger partial charge in [0, 0.05) is 12.6 Å². The maximum atomic E-state index is 5.29. The summed E-state index contributed by atoms with van der Waals surface area (Å²) in [5, 5.41) is 14.2. The number of nitrogens with one attached hydrogen (secondary N) is 2. The highest BCUT2D eigenvalue weighted by molar-refractivity contribution is 5.44. The zero-order valence-corrected chi connectivity index (χ0v) is 13.3. The predicted octanol–water partition coefficient (Wildman–Crippen LogP) is 2.32. The summed E-state index contributed by atoms with van der Waals surface area (Å²) in [5.74, 6) is 2.56. The standard InChI is InChI=1S/C15H21N5O2/c1-10(2)18-14-9-17-20-15(19-14)16-8-11-5-6-12(21-3)13(7-11)22-4/h5-7,9-10H,8H2,1-4H3,(H2,16,18,19,20). The van der Waals surface area contributed by atoms with E-state index in [4.69, 9.17) is 9.47 Å². The molecular weight excluding hydrogens is 282 g/mol. The Balaban J connectivity index is 2.03. The van der Waals surface area contributed by atoms with E-state index in [1.165, 1.54) is 0 Å². The van der Waals surface area contributed by atoms with Crippen LogP contribution in [-0.2, 0) is 6.54 Å². The zero-order chi connectivity index (χ0) is 15.9. The lowest BCUT2D eigenvalue weighted by Gasteiger charge is -2.11. The molecule has 0 saturated heterocycles. The molecule has 0 fully saturated rings. The number of anilines is 2. The minimum atomic E-state index is 0.287. The van der Waals surface area contributed by atoms with Crippen LogP contribution in [-0.4, -0.2) is 35.4 Å². The molecule has 1 aromatic carbocycles. The second-order valence-corrected chi connectivity index (χ2v) is 5.01. The first kappa shape index (κ1) is 15.8. The molecule has 0 saturated carbocycles. The predicted molar refractivity (Wildman–Crippen MR) is 85.5 cm³/mol. The Hall–Kier alpha value is -2.57. The smallest absolute Gasteiger partial charge is 0.244 e. The Bertz CT molecular complexity index is 619. The maximum absolute atomic E-state index is 5.29. The molecule has 2 N–H and O–H groups in total. The Morgan fingerprint density at radius 2 is 1.91 bits per heavy atom. The molecule has 0 unspecified atom stereocenters. The van der Waals surface area contributed by atoms with Gasteiger partial charge in [0.15, 0.2) is 17.3 Å². The van der Waals surface area contributed by atoms with Crippen molar-refractivity contribution in [3.8, 4) is 11.5 Å². The summed E-state index contributed by atoms with van der Waals surface area (Å²) in [6, 6.07) is 6.02. The van der Waals surface area contributed by atoms with Gasteiger partial charge in [-0.1, -0.05) is 6.07 Å². The number of methoxy groups -OCH3 is 2. The monoisotopic (exact) mass is 303 g/mol. The lowest BCUT2D eigenvalue weighted by Crippen LogP contribution is -2.13. The van der Waals surface area contributed by atoms with Gasteiger partial charge in [0.2, 0.25) is 5.95 Å². The Morgan fingerprint density at radius 3 is 2.59 bits per heavy atom. The van der Waals surface area contributed by atoms with E-state index < -0.39 is 0 Å². The third kappa shape index (κ3) is 4.21. The second-order valence-electron chi connectivity index (χ2n) is 5.01. The van der Waals surface area contributed by atoms with E-state index in [1.807, 2.05) is 32.0 Å². The second kappa shape index (κ2) is 7.44. The average Bonchev–Trinajstić information content (AvgIpc) is 2.52. The summed E-state index contributed by atoms with van der Waals surface area (Å²) in [6.45, 7) is 4.64. The van der Waals surface area contributed by atoms with Crippen LogP contribution in [0.2, 0.25) is 0 Å². The molecule has 1 heterocycles. The van der Waals surface area contributed by atoms with E-state index in [-0.39, 0.29) is 6.04 Å². The van der Waals surface area contributed by atoms with Crippen molar-refractivity contribution in [1.82, 2.24) is 15.2 Å². The molecule has 0 spiro atoms. The van der Waals surface area contributed by atoms with Crippen LogP contribution in [0.1, 0.15) is 19.4 Å². The fourth-order valence-corrected chi connectivity index (χ4v) is 1.92. The topological polar surface area (TPSA) is 81.2 Å². The molecule has 0 bridgehead atoms. The molecule has 0 amide bonds. The number of rotatable bonds is 7. The fraction of sp³-hybridized carbons (Fsp3) is 0.400. The minimum absolute atomic E-state index is 0.287.